The molecule has 0 aromatic heterocycles. The highest BCUT2D eigenvalue weighted by atomic mass is 32.2. The van der Waals surface area contributed by atoms with E-state index in [1.54, 1.807) is 11.8 Å². The molecule has 0 unspecified atom stereocenters. The van der Waals surface area contributed by atoms with E-state index in [4.69, 9.17) is 11.5 Å². The standard InChI is InChI=1S/C7H16N2S/c1-3-7(6(2)9)10-5-4-8/h3-5,8-9H2,1-2H3/b7-6+. The number of thioether (sulfide) groups is 1. The summed E-state index contributed by atoms with van der Waals surface area (Å²) in [6.07, 6.45) is 1.02. The third-order valence-corrected chi connectivity index (χ3v) is 2.55. The van der Waals surface area contributed by atoms with Gasteiger partial charge in [-0.2, -0.15) is 0 Å². The van der Waals surface area contributed by atoms with Crippen LogP contribution in [0.15, 0.2) is 10.6 Å². The number of nitrogens with two attached hydrogens (primary N) is 2. The first-order valence-corrected chi connectivity index (χ1v) is 4.49. The van der Waals surface area contributed by atoms with Gasteiger partial charge in [0.05, 0.1) is 0 Å². The van der Waals surface area contributed by atoms with Crippen LogP contribution in [0.1, 0.15) is 20.3 Å². The molecule has 0 spiro atoms. The second-order valence-corrected chi connectivity index (χ2v) is 3.29. The lowest BCUT2D eigenvalue weighted by Gasteiger charge is -2.04. The van der Waals surface area contributed by atoms with Crippen molar-refractivity contribution in [1.82, 2.24) is 0 Å². The highest BCUT2D eigenvalue weighted by molar-refractivity contribution is 8.03. The number of hydrogen-bond donors (Lipinski definition) is 2. The summed E-state index contributed by atoms with van der Waals surface area (Å²) in [7, 11) is 0. The molecule has 0 rings (SSSR count). The summed E-state index contributed by atoms with van der Waals surface area (Å²) in [4.78, 5) is 1.27. The zero-order valence-corrected chi connectivity index (χ0v) is 7.50. The average Bonchev–Trinajstić information content (AvgIpc) is 1.89. The summed E-state index contributed by atoms with van der Waals surface area (Å²) < 4.78 is 0. The van der Waals surface area contributed by atoms with Gasteiger partial charge >= 0.3 is 0 Å². The zero-order chi connectivity index (χ0) is 7.98. The van der Waals surface area contributed by atoms with Crippen LogP contribution in [0.4, 0.5) is 0 Å². The van der Waals surface area contributed by atoms with E-state index < -0.39 is 0 Å². The summed E-state index contributed by atoms with van der Waals surface area (Å²) in [5.41, 5.74) is 11.9. The van der Waals surface area contributed by atoms with Gasteiger partial charge in [0.1, 0.15) is 0 Å². The van der Waals surface area contributed by atoms with Crippen molar-refractivity contribution in [1.29, 1.82) is 0 Å². The molecular formula is C7H16N2S. The lowest BCUT2D eigenvalue weighted by atomic mass is 10.4. The van der Waals surface area contributed by atoms with Crippen LogP contribution < -0.4 is 11.5 Å². The Labute approximate surface area is 67.0 Å². The Morgan fingerprint density at radius 3 is 2.40 bits per heavy atom. The van der Waals surface area contributed by atoms with Crippen molar-refractivity contribution < 1.29 is 0 Å². The summed E-state index contributed by atoms with van der Waals surface area (Å²) >= 11 is 1.76. The van der Waals surface area contributed by atoms with Gasteiger partial charge in [0.15, 0.2) is 0 Å². The van der Waals surface area contributed by atoms with Gasteiger partial charge < -0.3 is 11.5 Å². The second-order valence-electron chi connectivity index (χ2n) is 2.10. The third kappa shape index (κ3) is 3.80. The molecule has 2 nitrogen and oxygen atoms in total. The fourth-order valence-corrected chi connectivity index (χ4v) is 1.47. The van der Waals surface area contributed by atoms with Gasteiger partial charge in [-0.25, -0.2) is 0 Å². The van der Waals surface area contributed by atoms with E-state index in [2.05, 4.69) is 6.92 Å². The molecule has 0 aliphatic rings. The normalized spacial score (nSPS) is 13.1. The molecule has 60 valence electrons. The molecule has 0 aromatic carbocycles. The number of hydrogen-bond acceptors (Lipinski definition) is 3. The van der Waals surface area contributed by atoms with Crippen LogP contribution in [0, 0.1) is 0 Å². The SMILES string of the molecule is CC/C(SCCN)=C(/C)N. The molecule has 0 bridgehead atoms. The molecule has 0 aliphatic heterocycles. The lowest BCUT2D eigenvalue weighted by Crippen LogP contribution is -2.03. The van der Waals surface area contributed by atoms with Gasteiger partial charge in [-0.05, 0) is 13.3 Å². The van der Waals surface area contributed by atoms with Crippen LogP contribution in [-0.2, 0) is 0 Å². The van der Waals surface area contributed by atoms with Crippen LogP contribution in [0.3, 0.4) is 0 Å². The molecule has 3 heteroatoms. The van der Waals surface area contributed by atoms with Crippen LogP contribution >= 0.6 is 11.8 Å². The predicted molar refractivity (Wildman–Crippen MR) is 48.7 cm³/mol. The van der Waals surface area contributed by atoms with Gasteiger partial charge in [0.2, 0.25) is 0 Å². The molecule has 0 fully saturated rings. The molecule has 0 saturated carbocycles. The maximum absolute atomic E-state index is 5.61. The Balaban J connectivity index is 3.73. The minimum atomic E-state index is 0.724. The molecule has 0 amide bonds. The lowest BCUT2D eigenvalue weighted by molar-refractivity contribution is 1.12. The van der Waals surface area contributed by atoms with Crippen molar-refractivity contribution in [2.24, 2.45) is 11.5 Å². The largest absolute Gasteiger partial charge is 0.402 e. The van der Waals surface area contributed by atoms with E-state index in [0.717, 1.165) is 24.4 Å². The Hall–Kier alpha value is -0.150. The van der Waals surface area contributed by atoms with E-state index in [0.29, 0.717) is 0 Å². The van der Waals surface area contributed by atoms with Crippen LogP contribution in [0.25, 0.3) is 0 Å². The maximum Gasteiger partial charge on any atom is 0.0145 e. The van der Waals surface area contributed by atoms with E-state index in [1.165, 1.54) is 4.91 Å². The summed E-state index contributed by atoms with van der Waals surface area (Å²) in [5.74, 6) is 0.970. The zero-order valence-electron chi connectivity index (χ0n) is 6.68. The van der Waals surface area contributed by atoms with Crippen LogP contribution in [-0.4, -0.2) is 12.3 Å². The highest BCUT2D eigenvalue weighted by Gasteiger charge is 1.96. The monoisotopic (exact) mass is 160 g/mol. The van der Waals surface area contributed by atoms with Crippen molar-refractivity contribution in [3.05, 3.63) is 10.6 Å². The molecule has 0 aliphatic carbocycles. The highest BCUT2D eigenvalue weighted by Crippen LogP contribution is 2.19. The van der Waals surface area contributed by atoms with Crippen molar-refractivity contribution in [2.45, 2.75) is 20.3 Å². The van der Waals surface area contributed by atoms with E-state index in [1.807, 2.05) is 6.92 Å². The fraction of sp³-hybridized carbons (Fsp3) is 0.714. The van der Waals surface area contributed by atoms with Gasteiger partial charge in [-0.1, -0.05) is 6.92 Å². The second kappa shape index (κ2) is 5.62. The van der Waals surface area contributed by atoms with Crippen LogP contribution in [0.5, 0.6) is 0 Å². The van der Waals surface area contributed by atoms with Crippen molar-refractivity contribution in [3.8, 4) is 0 Å². The van der Waals surface area contributed by atoms with Gasteiger partial charge in [-0.15, -0.1) is 11.8 Å². The molecule has 0 heterocycles. The molecule has 10 heavy (non-hydrogen) atoms. The first-order valence-electron chi connectivity index (χ1n) is 3.50. The van der Waals surface area contributed by atoms with Crippen molar-refractivity contribution in [3.63, 3.8) is 0 Å². The van der Waals surface area contributed by atoms with E-state index in [-0.39, 0.29) is 0 Å². The summed E-state index contributed by atoms with van der Waals surface area (Å²) in [6.45, 7) is 4.76. The van der Waals surface area contributed by atoms with Crippen molar-refractivity contribution in [2.75, 3.05) is 12.3 Å². The van der Waals surface area contributed by atoms with E-state index >= 15 is 0 Å². The smallest absolute Gasteiger partial charge is 0.0145 e. The molecule has 0 atom stereocenters. The van der Waals surface area contributed by atoms with Gasteiger partial charge in [0, 0.05) is 22.9 Å². The Morgan fingerprint density at radius 1 is 1.50 bits per heavy atom. The van der Waals surface area contributed by atoms with Gasteiger partial charge in [-0.3, -0.25) is 0 Å². The third-order valence-electron chi connectivity index (χ3n) is 1.16. The minimum Gasteiger partial charge on any atom is -0.402 e. The van der Waals surface area contributed by atoms with Gasteiger partial charge in [0.25, 0.3) is 0 Å². The predicted octanol–water partition coefficient (Wildman–Crippen LogP) is 1.28. The molecule has 0 saturated heterocycles. The van der Waals surface area contributed by atoms with Crippen LogP contribution in [0.2, 0.25) is 0 Å². The topological polar surface area (TPSA) is 52.0 Å². The average molecular weight is 160 g/mol. The first kappa shape index (κ1) is 9.85. The fourth-order valence-electron chi connectivity index (χ4n) is 0.677. The maximum atomic E-state index is 5.61. The Morgan fingerprint density at radius 2 is 2.10 bits per heavy atom. The Kier molecular flexibility index (Phi) is 5.54. The minimum absolute atomic E-state index is 0.724. The summed E-state index contributed by atoms with van der Waals surface area (Å²) in [5, 5.41) is 0. The molecule has 4 N–H and O–H groups in total. The molecular weight excluding hydrogens is 144 g/mol. The first-order chi connectivity index (χ1) is 4.72. The summed E-state index contributed by atoms with van der Waals surface area (Å²) in [6, 6.07) is 0. The van der Waals surface area contributed by atoms with E-state index in [9.17, 15) is 0 Å². The molecule has 0 radical (unpaired) electrons. The van der Waals surface area contributed by atoms with Crippen molar-refractivity contribution >= 4 is 11.8 Å². The number of rotatable bonds is 4. The Bertz CT molecular complexity index is 117. The quantitative estimate of drug-likeness (QED) is 0.651. The molecule has 0 aromatic rings. The number of allylic oxidation sites excluding steroid dienone is 2.